The SMILES string of the molecule is CCC[N+]1(C)C=CN=C1c1ccc(Cl)cc1. The molecule has 0 fully saturated rings. The molecule has 0 amide bonds. The molecule has 0 saturated carbocycles. The molecule has 0 radical (unpaired) electrons. The monoisotopic (exact) mass is 235 g/mol. The van der Waals surface area contributed by atoms with E-state index in [1.165, 1.54) is 0 Å². The van der Waals surface area contributed by atoms with Gasteiger partial charge in [0.1, 0.15) is 6.20 Å². The minimum atomic E-state index is 0.764. The Balaban J connectivity index is 2.31. The molecule has 1 unspecified atom stereocenters. The van der Waals surface area contributed by atoms with Crippen LogP contribution in [0.15, 0.2) is 41.7 Å². The van der Waals surface area contributed by atoms with Crippen LogP contribution in [-0.4, -0.2) is 23.9 Å². The first kappa shape index (κ1) is 11.4. The van der Waals surface area contributed by atoms with Crippen molar-refractivity contribution in [2.45, 2.75) is 13.3 Å². The summed E-state index contributed by atoms with van der Waals surface area (Å²) in [6.45, 7) is 3.26. The fraction of sp³-hybridized carbons (Fsp3) is 0.308. The Bertz CT molecular complexity index is 434. The van der Waals surface area contributed by atoms with Gasteiger partial charge < -0.3 is 0 Å². The molecule has 84 valence electrons. The molecule has 3 heteroatoms. The standard InChI is InChI=1S/C13H16ClN2/c1-3-9-16(2)10-8-15-13(16)11-4-6-12(14)7-5-11/h4-8,10H,3,9H2,1-2H3/q+1. The minimum Gasteiger partial charge on any atom is -0.249 e. The van der Waals surface area contributed by atoms with Crippen molar-refractivity contribution in [2.24, 2.45) is 4.99 Å². The van der Waals surface area contributed by atoms with Gasteiger partial charge >= 0.3 is 0 Å². The topological polar surface area (TPSA) is 12.4 Å². The molecule has 0 saturated heterocycles. The molecule has 1 aromatic carbocycles. The Kier molecular flexibility index (Phi) is 3.13. The Morgan fingerprint density at radius 1 is 1.25 bits per heavy atom. The summed E-state index contributed by atoms with van der Waals surface area (Å²) in [5, 5.41) is 0.764. The molecule has 0 aliphatic carbocycles. The fourth-order valence-electron chi connectivity index (χ4n) is 2.07. The normalized spacial score (nSPS) is 23.6. The molecular weight excluding hydrogens is 220 g/mol. The lowest BCUT2D eigenvalue weighted by Gasteiger charge is -2.27. The number of halogens is 1. The molecule has 1 atom stereocenters. The summed E-state index contributed by atoms with van der Waals surface area (Å²) in [7, 11) is 2.18. The number of benzene rings is 1. The number of nitrogens with zero attached hydrogens (tertiary/aromatic N) is 2. The molecule has 1 heterocycles. The van der Waals surface area contributed by atoms with Gasteiger partial charge in [0.15, 0.2) is 0 Å². The van der Waals surface area contributed by atoms with Crippen molar-refractivity contribution in [3.05, 3.63) is 47.3 Å². The molecule has 1 aliphatic rings. The average molecular weight is 236 g/mol. The van der Waals surface area contributed by atoms with Gasteiger partial charge in [0.25, 0.3) is 0 Å². The van der Waals surface area contributed by atoms with E-state index in [-0.39, 0.29) is 0 Å². The maximum absolute atomic E-state index is 5.89. The van der Waals surface area contributed by atoms with Gasteiger partial charge in [-0.1, -0.05) is 18.5 Å². The van der Waals surface area contributed by atoms with Gasteiger partial charge in [-0.25, -0.2) is 4.48 Å². The first-order valence-electron chi connectivity index (χ1n) is 5.53. The first-order valence-corrected chi connectivity index (χ1v) is 5.91. The molecule has 1 aliphatic heterocycles. The van der Waals surface area contributed by atoms with E-state index >= 15 is 0 Å². The molecule has 16 heavy (non-hydrogen) atoms. The van der Waals surface area contributed by atoms with Crippen LogP contribution in [0, 0.1) is 0 Å². The minimum absolute atomic E-state index is 0.764. The number of hydrogen-bond donors (Lipinski definition) is 0. The van der Waals surface area contributed by atoms with Crippen molar-refractivity contribution in [1.82, 2.24) is 0 Å². The number of aliphatic imine (C=N–C) groups is 1. The average Bonchev–Trinajstić information content (AvgIpc) is 2.62. The van der Waals surface area contributed by atoms with Crippen molar-refractivity contribution in [1.29, 1.82) is 0 Å². The Labute approximate surface area is 101 Å². The van der Waals surface area contributed by atoms with Crippen LogP contribution in [0.2, 0.25) is 5.02 Å². The molecule has 0 spiro atoms. The highest BCUT2D eigenvalue weighted by molar-refractivity contribution is 6.30. The highest BCUT2D eigenvalue weighted by Gasteiger charge is 2.30. The van der Waals surface area contributed by atoms with E-state index < -0.39 is 0 Å². The summed E-state index contributed by atoms with van der Waals surface area (Å²) in [6, 6.07) is 7.88. The van der Waals surface area contributed by atoms with Crippen molar-refractivity contribution in [3.63, 3.8) is 0 Å². The zero-order valence-electron chi connectivity index (χ0n) is 9.65. The Morgan fingerprint density at radius 2 is 1.94 bits per heavy atom. The third-order valence-corrected chi connectivity index (χ3v) is 3.12. The van der Waals surface area contributed by atoms with Crippen molar-refractivity contribution >= 4 is 17.4 Å². The molecule has 2 rings (SSSR count). The quantitative estimate of drug-likeness (QED) is 0.712. The number of hydrogen-bond acceptors (Lipinski definition) is 1. The van der Waals surface area contributed by atoms with Crippen LogP contribution in [0.4, 0.5) is 0 Å². The van der Waals surface area contributed by atoms with Gasteiger partial charge in [-0.05, 0) is 30.7 Å². The van der Waals surface area contributed by atoms with Crippen LogP contribution < -0.4 is 0 Å². The maximum Gasteiger partial charge on any atom is 0.239 e. The van der Waals surface area contributed by atoms with E-state index in [9.17, 15) is 0 Å². The van der Waals surface area contributed by atoms with Gasteiger partial charge in [0, 0.05) is 5.02 Å². The summed E-state index contributed by atoms with van der Waals surface area (Å²) in [6.07, 6.45) is 5.15. The van der Waals surface area contributed by atoms with Gasteiger partial charge in [-0.2, -0.15) is 4.99 Å². The van der Waals surface area contributed by atoms with E-state index in [0.29, 0.717) is 0 Å². The zero-order valence-corrected chi connectivity index (χ0v) is 10.4. The van der Waals surface area contributed by atoms with Crippen LogP contribution in [0.3, 0.4) is 0 Å². The zero-order chi connectivity index (χ0) is 11.6. The van der Waals surface area contributed by atoms with E-state index in [4.69, 9.17) is 11.6 Å². The van der Waals surface area contributed by atoms with Crippen LogP contribution >= 0.6 is 11.6 Å². The van der Waals surface area contributed by atoms with E-state index in [1.807, 2.05) is 30.5 Å². The summed E-state index contributed by atoms with van der Waals surface area (Å²) < 4.78 is 0.776. The van der Waals surface area contributed by atoms with Crippen molar-refractivity contribution < 1.29 is 4.48 Å². The smallest absolute Gasteiger partial charge is 0.239 e. The lowest BCUT2D eigenvalue weighted by atomic mass is 10.1. The maximum atomic E-state index is 5.89. The summed E-state index contributed by atoms with van der Waals surface area (Å²) in [5.41, 5.74) is 1.14. The second kappa shape index (κ2) is 4.40. The molecule has 0 N–H and O–H groups in total. The van der Waals surface area contributed by atoms with Crippen molar-refractivity contribution in [3.8, 4) is 0 Å². The fourth-order valence-corrected chi connectivity index (χ4v) is 2.19. The third kappa shape index (κ3) is 2.04. The Morgan fingerprint density at radius 3 is 2.56 bits per heavy atom. The highest BCUT2D eigenvalue weighted by atomic mass is 35.5. The van der Waals surface area contributed by atoms with Crippen LogP contribution in [0.1, 0.15) is 18.9 Å². The first-order chi connectivity index (χ1) is 7.65. The van der Waals surface area contributed by atoms with Gasteiger partial charge in [0.2, 0.25) is 5.84 Å². The number of rotatable bonds is 3. The van der Waals surface area contributed by atoms with E-state index in [1.54, 1.807) is 0 Å². The van der Waals surface area contributed by atoms with Gasteiger partial charge in [-0.15, -0.1) is 0 Å². The summed E-state index contributed by atoms with van der Waals surface area (Å²) >= 11 is 5.89. The van der Waals surface area contributed by atoms with Gasteiger partial charge in [-0.3, -0.25) is 0 Å². The predicted octanol–water partition coefficient (Wildman–Crippen LogP) is 3.43. The second-order valence-electron chi connectivity index (χ2n) is 4.25. The highest BCUT2D eigenvalue weighted by Crippen LogP contribution is 2.21. The summed E-state index contributed by atoms with van der Waals surface area (Å²) in [4.78, 5) is 4.47. The molecule has 0 bridgehead atoms. The Hall–Kier alpha value is -1.12. The molecule has 2 nitrogen and oxygen atoms in total. The third-order valence-electron chi connectivity index (χ3n) is 2.87. The number of amidine groups is 1. The largest absolute Gasteiger partial charge is 0.249 e. The molecule has 0 aromatic heterocycles. The number of quaternary nitrogens is 1. The predicted molar refractivity (Wildman–Crippen MR) is 68.5 cm³/mol. The summed E-state index contributed by atoms with van der Waals surface area (Å²) in [5.74, 6) is 1.10. The van der Waals surface area contributed by atoms with Crippen LogP contribution in [0.5, 0.6) is 0 Å². The van der Waals surface area contributed by atoms with Crippen molar-refractivity contribution in [2.75, 3.05) is 13.6 Å². The van der Waals surface area contributed by atoms with Gasteiger partial charge in [0.05, 0.1) is 25.4 Å². The van der Waals surface area contributed by atoms with E-state index in [2.05, 4.69) is 25.2 Å². The van der Waals surface area contributed by atoms with Crippen LogP contribution in [-0.2, 0) is 0 Å². The lowest BCUT2D eigenvalue weighted by Crippen LogP contribution is -2.43. The second-order valence-corrected chi connectivity index (χ2v) is 4.69. The van der Waals surface area contributed by atoms with Crippen LogP contribution in [0.25, 0.3) is 0 Å². The molecular formula is C13H16ClN2+. The molecule has 1 aromatic rings. The van der Waals surface area contributed by atoms with E-state index in [0.717, 1.165) is 33.9 Å². The lowest BCUT2D eigenvalue weighted by molar-refractivity contribution is -0.762.